The molecule has 0 N–H and O–H groups in total. The van der Waals surface area contributed by atoms with Crippen molar-refractivity contribution >= 4 is 5.97 Å². The van der Waals surface area contributed by atoms with Crippen LogP contribution in [-0.4, -0.2) is 5.97 Å². The van der Waals surface area contributed by atoms with Gasteiger partial charge in [0.15, 0.2) is 0 Å². The number of allylic oxidation sites excluding steroid dienone is 2. The Morgan fingerprint density at radius 2 is 0.794 bits per heavy atom. The van der Waals surface area contributed by atoms with Gasteiger partial charge < -0.3 is 4.74 Å². The third-order valence-electron chi connectivity index (χ3n) is 6.73. The summed E-state index contributed by atoms with van der Waals surface area (Å²) in [5, 5.41) is 0. The SMILES string of the molecule is CCCCCCCCCCCCCC=CC(=O)OC=CCCCCCCCCCCCCCC. The van der Waals surface area contributed by atoms with E-state index in [1.54, 1.807) is 12.3 Å². The van der Waals surface area contributed by atoms with Crippen LogP contribution >= 0.6 is 0 Å². The Morgan fingerprint density at radius 3 is 1.18 bits per heavy atom. The Morgan fingerprint density at radius 1 is 0.471 bits per heavy atom. The lowest BCUT2D eigenvalue weighted by Crippen LogP contribution is -1.93. The lowest BCUT2D eigenvalue weighted by molar-refractivity contribution is -0.132. The largest absolute Gasteiger partial charge is 0.432 e. The second kappa shape index (κ2) is 30.0. The van der Waals surface area contributed by atoms with Crippen LogP contribution in [0.15, 0.2) is 24.5 Å². The molecule has 0 fully saturated rings. The fraction of sp³-hybridized carbons (Fsp3) is 0.844. The number of rotatable bonds is 27. The van der Waals surface area contributed by atoms with Gasteiger partial charge >= 0.3 is 5.97 Å². The number of unbranched alkanes of at least 4 members (excludes halogenated alkanes) is 23. The maximum Gasteiger partial charge on any atom is 0.335 e. The molecule has 2 nitrogen and oxygen atoms in total. The third-order valence-corrected chi connectivity index (χ3v) is 6.73. The summed E-state index contributed by atoms with van der Waals surface area (Å²) in [6, 6.07) is 0. The summed E-state index contributed by atoms with van der Waals surface area (Å²) < 4.78 is 5.15. The van der Waals surface area contributed by atoms with Crippen LogP contribution in [0, 0.1) is 0 Å². The average Bonchev–Trinajstić information content (AvgIpc) is 2.84. The minimum absolute atomic E-state index is 0.242. The van der Waals surface area contributed by atoms with E-state index in [2.05, 4.69) is 13.8 Å². The first kappa shape index (κ1) is 33.0. The number of ether oxygens (including phenoxy) is 1. The number of carbonyl (C=O) groups is 1. The van der Waals surface area contributed by atoms with Crippen LogP contribution in [0.3, 0.4) is 0 Å². The average molecular weight is 477 g/mol. The second-order valence-corrected chi connectivity index (χ2v) is 10.2. The zero-order chi connectivity index (χ0) is 24.8. The molecule has 0 saturated carbocycles. The van der Waals surface area contributed by atoms with Gasteiger partial charge in [0.25, 0.3) is 0 Å². The van der Waals surface area contributed by atoms with Gasteiger partial charge in [0.05, 0.1) is 6.26 Å². The molecule has 34 heavy (non-hydrogen) atoms. The monoisotopic (exact) mass is 476 g/mol. The summed E-state index contributed by atoms with van der Waals surface area (Å²) in [7, 11) is 0. The summed E-state index contributed by atoms with van der Waals surface area (Å²) in [6.07, 6.45) is 40.5. The normalized spacial score (nSPS) is 11.7. The van der Waals surface area contributed by atoms with Gasteiger partial charge in [-0.1, -0.05) is 155 Å². The second-order valence-electron chi connectivity index (χ2n) is 10.2. The molecule has 2 heteroatoms. The lowest BCUT2D eigenvalue weighted by Gasteiger charge is -2.02. The van der Waals surface area contributed by atoms with E-state index in [-0.39, 0.29) is 5.97 Å². The van der Waals surface area contributed by atoms with E-state index >= 15 is 0 Å². The predicted octanol–water partition coefficient (Wildman–Crippen LogP) is 11.4. The van der Waals surface area contributed by atoms with Gasteiger partial charge in [0.2, 0.25) is 0 Å². The smallest absolute Gasteiger partial charge is 0.335 e. The zero-order valence-electron chi connectivity index (χ0n) is 23.3. The molecule has 0 atom stereocenters. The van der Waals surface area contributed by atoms with Crippen LogP contribution in [0.2, 0.25) is 0 Å². The summed E-state index contributed by atoms with van der Waals surface area (Å²) >= 11 is 0. The summed E-state index contributed by atoms with van der Waals surface area (Å²) in [5.74, 6) is -0.242. The van der Waals surface area contributed by atoms with Crippen LogP contribution in [0.4, 0.5) is 0 Å². The Kier molecular flexibility index (Phi) is 29.1. The van der Waals surface area contributed by atoms with Crippen molar-refractivity contribution in [2.45, 2.75) is 174 Å². The van der Waals surface area contributed by atoms with Crippen LogP contribution in [-0.2, 0) is 9.53 Å². The minimum atomic E-state index is -0.242. The number of hydrogen-bond donors (Lipinski definition) is 0. The van der Waals surface area contributed by atoms with E-state index in [9.17, 15) is 4.79 Å². The summed E-state index contributed by atoms with van der Waals surface area (Å²) in [5.41, 5.74) is 0. The van der Waals surface area contributed by atoms with Gasteiger partial charge in [-0.2, -0.15) is 0 Å². The molecule has 0 aromatic heterocycles. The molecule has 0 aromatic carbocycles. The first-order valence-electron chi connectivity index (χ1n) is 15.3. The maximum absolute atomic E-state index is 11.7. The standard InChI is InChI=1S/C32H60O2/c1-3-5-7-9-11-13-15-17-19-21-23-25-27-29-31-34-32(33)30-28-26-24-22-20-18-16-14-12-10-8-6-4-2/h28-31H,3-27H2,1-2H3. The Balaban J connectivity index is 3.30. The van der Waals surface area contributed by atoms with E-state index < -0.39 is 0 Å². The van der Waals surface area contributed by atoms with Gasteiger partial charge in [-0.25, -0.2) is 4.79 Å². The van der Waals surface area contributed by atoms with Gasteiger partial charge in [0, 0.05) is 6.08 Å². The third kappa shape index (κ3) is 29.0. The molecule has 0 aliphatic carbocycles. The molecule has 0 aromatic rings. The van der Waals surface area contributed by atoms with E-state index in [4.69, 9.17) is 4.74 Å². The Labute approximate surface area is 214 Å². The number of carbonyl (C=O) groups excluding carboxylic acids is 1. The van der Waals surface area contributed by atoms with Crippen molar-refractivity contribution in [1.82, 2.24) is 0 Å². The molecular formula is C32H60O2. The predicted molar refractivity (Wildman–Crippen MR) is 151 cm³/mol. The van der Waals surface area contributed by atoms with Crippen LogP contribution in [0.25, 0.3) is 0 Å². The topological polar surface area (TPSA) is 26.3 Å². The highest BCUT2D eigenvalue weighted by Gasteiger charge is 1.95. The number of hydrogen-bond acceptors (Lipinski definition) is 2. The van der Waals surface area contributed by atoms with E-state index in [0.717, 1.165) is 12.8 Å². The molecule has 0 unspecified atom stereocenters. The molecule has 0 radical (unpaired) electrons. The number of esters is 1. The molecule has 200 valence electrons. The first-order chi connectivity index (χ1) is 16.8. The van der Waals surface area contributed by atoms with Crippen molar-refractivity contribution in [3.8, 4) is 0 Å². The van der Waals surface area contributed by atoms with Crippen LogP contribution < -0.4 is 0 Å². The van der Waals surface area contributed by atoms with E-state index in [1.165, 1.54) is 148 Å². The van der Waals surface area contributed by atoms with Gasteiger partial charge in [-0.15, -0.1) is 0 Å². The summed E-state index contributed by atoms with van der Waals surface area (Å²) in [6.45, 7) is 4.55. The van der Waals surface area contributed by atoms with Crippen molar-refractivity contribution in [1.29, 1.82) is 0 Å². The highest BCUT2D eigenvalue weighted by molar-refractivity contribution is 5.82. The van der Waals surface area contributed by atoms with Gasteiger partial charge in [-0.05, 0) is 31.8 Å². The lowest BCUT2D eigenvalue weighted by atomic mass is 10.0. The highest BCUT2D eigenvalue weighted by Crippen LogP contribution is 2.13. The van der Waals surface area contributed by atoms with Crippen molar-refractivity contribution in [2.75, 3.05) is 0 Å². The van der Waals surface area contributed by atoms with E-state index in [0.29, 0.717) is 0 Å². The molecule has 0 bridgehead atoms. The van der Waals surface area contributed by atoms with Crippen molar-refractivity contribution < 1.29 is 9.53 Å². The van der Waals surface area contributed by atoms with E-state index in [1.807, 2.05) is 12.2 Å². The fourth-order valence-corrected chi connectivity index (χ4v) is 4.43. The van der Waals surface area contributed by atoms with Gasteiger partial charge in [0.1, 0.15) is 0 Å². The minimum Gasteiger partial charge on any atom is -0.432 e. The van der Waals surface area contributed by atoms with Crippen LogP contribution in [0.1, 0.15) is 174 Å². The molecule has 0 amide bonds. The zero-order valence-corrected chi connectivity index (χ0v) is 23.3. The Bertz CT molecular complexity index is 452. The molecule has 0 aliphatic rings. The first-order valence-corrected chi connectivity index (χ1v) is 15.3. The highest BCUT2D eigenvalue weighted by atomic mass is 16.5. The van der Waals surface area contributed by atoms with Crippen molar-refractivity contribution in [3.63, 3.8) is 0 Å². The molecule has 0 aliphatic heterocycles. The molecule has 0 spiro atoms. The summed E-state index contributed by atoms with van der Waals surface area (Å²) in [4.78, 5) is 11.7. The quantitative estimate of drug-likeness (QED) is 0.0510. The Hall–Kier alpha value is -1.05. The van der Waals surface area contributed by atoms with Gasteiger partial charge in [-0.3, -0.25) is 0 Å². The van der Waals surface area contributed by atoms with Crippen molar-refractivity contribution in [2.24, 2.45) is 0 Å². The molecule has 0 rings (SSSR count). The molecular weight excluding hydrogens is 416 g/mol. The fourth-order valence-electron chi connectivity index (χ4n) is 4.43. The molecule has 0 heterocycles. The van der Waals surface area contributed by atoms with Crippen molar-refractivity contribution in [3.05, 3.63) is 24.5 Å². The maximum atomic E-state index is 11.7. The molecule has 0 saturated heterocycles. The van der Waals surface area contributed by atoms with Crippen LogP contribution in [0.5, 0.6) is 0 Å².